The summed E-state index contributed by atoms with van der Waals surface area (Å²) in [6.07, 6.45) is 6.70. The molecule has 0 aliphatic heterocycles. The van der Waals surface area contributed by atoms with Crippen molar-refractivity contribution in [2.24, 2.45) is 0 Å². The fourth-order valence-electron chi connectivity index (χ4n) is 4.73. The molecule has 0 radical (unpaired) electrons. The van der Waals surface area contributed by atoms with Crippen LogP contribution in [0.4, 0.5) is 0 Å². The van der Waals surface area contributed by atoms with Crippen LogP contribution < -0.4 is 10.3 Å². The maximum atomic E-state index is 14.1. The second-order valence-corrected chi connectivity index (χ2v) is 9.82. The van der Waals surface area contributed by atoms with E-state index in [4.69, 9.17) is 14.1 Å². The molecule has 4 aromatic heterocycles. The fraction of sp³-hybridized carbons (Fsp3) is 0.192. The van der Waals surface area contributed by atoms with Crippen molar-refractivity contribution in [2.45, 2.75) is 25.3 Å². The summed E-state index contributed by atoms with van der Waals surface area (Å²) in [7, 11) is 1.67. The molecule has 178 valence electrons. The molecule has 1 fully saturated rings. The number of fused-ring (bicyclic) bond motifs is 3. The lowest BCUT2D eigenvalue weighted by Gasteiger charge is -2.15. The maximum absolute atomic E-state index is 14.1. The van der Waals surface area contributed by atoms with Crippen molar-refractivity contribution in [3.63, 3.8) is 0 Å². The number of hydrogen-bond donors (Lipinski definition) is 1. The highest BCUT2D eigenvalue weighted by atomic mass is 32.1. The number of hydrogen-bond acceptors (Lipinski definition) is 8. The summed E-state index contributed by atoms with van der Waals surface area (Å²) in [4.78, 5) is 28.3. The highest BCUT2D eigenvalue weighted by Gasteiger charge is 2.29. The van der Waals surface area contributed by atoms with Gasteiger partial charge in [0.2, 0.25) is 0 Å². The van der Waals surface area contributed by atoms with Crippen LogP contribution in [0.2, 0.25) is 0 Å². The van der Waals surface area contributed by atoms with Crippen LogP contribution in [-0.4, -0.2) is 36.8 Å². The highest BCUT2D eigenvalue weighted by molar-refractivity contribution is 7.26. The van der Waals surface area contributed by atoms with Gasteiger partial charge in [0.25, 0.3) is 5.56 Å². The molecule has 1 N–H and O–H groups in total. The van der Waals surface area contributed by atoms with Crippen LogP contribution >= 0.6 is 11.3 Å². The maximum Gasteiger partial charge on any atom is 0.263 e. The molecule has 7 rings (SSSR count). The summed E-state index contributed by atoms with van der Waals surface area (Å²) >= 11 is 1.49. The summed E-state index contributed by atoms with van der Waals surface area (Å²) in [5.74, 6) is 3.08. The lowest BCUT2D eigenvalue weighted by molar-refractivity contribution is 0.414. The van der Waals surface area contributed by atoms with Crippen LogP contribution in [-0.2, 0) is 6.54 Å². The number of aromatic amines is 1. The normalized spacial score (nSPS) is 13.6. The molecule has 0 atom stereocenters. The molecule has 0 unspecified atom stereocenters. The van der Waals surface area contributed by atoms with Gasteiger partial charge in [-0.3, -0.25) is 14.5 Å². The lowest BCUT2D eigenvalue weighted by Crippen LogP contribution is -2.24. The van der Waals surface area contributed by atoms with Gasteiger partial charge in [-0.05, 0) is 48.6 Å². The lowest BCUT2D eigenvalue weighted by atomic mass is 10.0. The molecular formula is C26H20N6O3S. The van der Waals surface area contributed by atoms with E-state index >= 15 is 0 Å². The Morgan fingerprint density at radius 2 is 2.14 bits per heavy atom. The molecule has 1 aliphatic rings. The number of aromatic nitrogens is 6. The molecule has 2 aromatic carbocycles. The van der Waals surface area contributed by atoms with Gasteiger partial charge in [-0.25, -0.2) is 15.0 Å². The zero-order valence-electron chi connectivity index (χ0n) is 19.3. The standard InChI is InChI=1S/C26H20N6O3S/c1-34-15-7-8-17(20(9-15)14-5-6-14)24-30-25-21(26(33)32(24)11-16-10-27-13-35-16)18-3-2-4-19(22(18)36-25)23-28-12-29-31-23/h2-4,7-10,12-14H,5-6,11H2,1H3,(H,28,29,31). The van der Waals surface area contributed by atoms with Gasteiger partial charge in [-0.15, -0.1) is 11.3 Å². The first-order valence-electron chi connectivity index (χ1n) is 11.6. The van der Waals surface area contributed by atoms with Gasteiger partial charge in [-0.1, -0.05) is 12.1 Å². The number of nitrogens with zero attached hydrogens (tertiary/aromatic N) is 5. The van der Waals surface area contributed by atoms with Crippen LogP contribution in [0.25, 0.3) is 43.1 Å². The van der Waals surface area contributed by atoms with Crippen molar-refractivity contribution in [3.05, 3.63) is 77.0 Å². The van der Waals surface area contributed by atoms with Crippen molar-refractivity contribution in [2.75, 3.05) is 7.11 Å². The Bertz CT molecular complexity index is 1780. The van der Waals surface area contributed by atoms with Gasteiger partial charge < -0.3 is 9.15 Å². The minimum Gasteiger partial charge on any atom is -0.497 e. The largest absolute Gasteiger partial charge is 0.497 e. The molecule has 0 saturated heterocycles. The number of benzene rings is 2. The van der Waals surface area contributed by atoms with Crippen molar-refractivity contribution in [1.29, 1.82) is 0 Å². The molecule has 6 aromatic rings. The molecule has 9 nitrogen and oxygen atoms in total. The highest BCUT2D eigenvalue weighted by Crippen LogP contribution is 2.46. The van der Waals surface area contributed by atoms with Gasteiger partial charge in [0.05, 0.1) is 25.2 Å². The smallest absolute Gasteiger partial charge is 0.263 e. The predicted octanol–water partition coefficient (Wildman–Crippen LogP) is 4.99. The van der Waals surface area contributed by atoms with Gasteiger partial charge >= 0.3 is 0 Å². The Morgan fingerprint density at radius 1 is 1.22 bits per heavy atom. The molecule has 4 heterocycles. The zero-order valence-corrected chi connectivity index (χ0v) is 20.1. The molecule has 1 aliphatic carbocycles. The third kappa shape index (κ3) is 3.33. The van der Waals surface area contributed by atoms with Crippen molar-refractivity contribution in [1.82, 2.24) is 29.7 Å². The van der Waals surface area contributed by atoms with E-state index in [1.165, 1.54) is 24.1 Å². The second-order valence-electron chi connectivity index (χ2n) is 8.82. The molecule has 0 bridgehead atoms. The first-order valence-corrected chi connectivity index (χ1v) is 12.4. The van der Waals surface area contributed by atoms with Crippen molar-refractivity contribution in [3.8, 4) is 28.5 Å². The van der Waals surface area contributed by atoms with Crippen molar-refractivity contribution >= 4 is 31.6 Å². The third-order valence-corrected chi connectivity index (χ3v) is 7.74. The summed E-state index contributed by atoms with van der Waals surface area (Å²) in [6.45, 7) is 0.229. The Kier molecular flexibility index (Phi) is 4.74. The van der Waals surface area contributed by atoms with Gasteiger partial charge in [0, 0.05) is 21.2 Å². The van der Waals surface area contributed by atoms with E-state index in [-0.39, 0.29) is 12.1 Å². The Hall–Kier alpha value is -4.31. The Balaban J connectivity index is 1.53. The minimum absolute atomic E-state index is 0.120. The number of methoxy groups -OCH3 is 1. The third-order valence-electron chi connectivity index (χ3n) is 6.60. The van der Waals surface area contributed by atoms with E-state index in [1.807, 2.05) is 30.3 Å². The van der Waals surface area contributed by atoms with Crippen LogP contribution in [0.15, 0.2) is 64.5 Å². The monoisotopic (exact) mass is 496 g/mol. The van der Waals surface area contributed by atoms with E-state index in [2.05, 4.69) is 26.2 Å². The average Bonchev–Trinajstić information content (AvgIpc) is 3.26. The predicted molar refractivity (Wildman–Crippen MR) is 136 cm³/mol. The zero-order chi connectivity index (χ0) is 24.2. The molecule has 10 heteroatoms. The van der Waals surface area contributed by atoms with E-state index < -0.39 is 0 Å². The second kappa shape index (κ2) is 8.13. The number of ether oxygens (including phenoxy) is 1. The summed E-state index contributed by atoms with van der Waals surface area (Å²) < 4.78 is 13.7. The Labute approximate surface area is 208 Å². The molecular weight excluding hydrogens is 476 g/mol. The molecule has 1 saturated carbocycles. The van der Waals surface area contributed by atoms with Crippen LogP contribution in [0.5, 0.6) is 5.75 Å². The van der Waals surface area contributed by atoms with Gasteiger partial charge in [0.15, 0.2) is 12.2 Å². The number of H-pyrrole nitrogens is 1. The average molecular weight is 497 g/mol. The van der Waals surface area contributed by atoms with Crippen molar-refractivity contribution < 1.29 is 9.15 Å². The van der Waals surface area contributed by atoms with Crippen LogP contribution in [0.3, 0.4) is 0 Å². The fourth-order valence-corrected chi connectivity index (χ4v) is 5.91. The molecule has 0 amide bonds. The summed E-state index contributed by atoms with van der Waals surface area (Å²) in [5, 5.41) is 8.35. The minimum atomic E-state index is -0.120. The first kappa shape index (κ1) is 21.0. The van der Waals surface area contributed by atoms with Gasteiger partial charge in [0.1, 0.15) is 28.5 Å². The number of thiophene rings is 1. The molecule has 36 heavy (non-hydrogen) atoms. The van der Waals surface area contributed by atoms with Crippen LogP contribution in [0, 0.1) is 0 Å². The van der Waals surface area contributed by atoms with E-state index in [1.54, 1.807) is 17.9 Å². The SMILES string of the molecule is COc1ccc(-c2nc3sc4c(-c5ncn[nH]5)cccc4c3c(=O)n2Cc2cnco2)c(C2CC2)c1. The number of nitrogens with one attached hydrogen (secondary N) is 1. The van der Waals surface area contributed by atoms with Crippen LogP contribution in [0.1, 0.15) is 30.1 Å². The molecule has 0 spiro atoms. The Morgan fingerprint density at radius 3 is 2.89 bits per heavy atom. The topological polar surface area (TPSA) is 112 Å². The summed E-state index contributed by atoms with van der Waals surface area (Å²) in [6, 6.07) is 11.8. The van der Waals surface area contributed by atoms with Gasteiger partial charge in [-0.2, -0.15) is 5.10 Å². The quantitative estimate of drug-likeness (QED) is 0.346. The van der Waals surface area contributed by atoms with E-state index in [0.29, 0.717) is 33.5 Å². The van der Waals surface area contributed by atoms with E-state index in [9.17, 15) is 4.79 Å². The summed E-state index contributed by atoms with van der Waals surface area (Å²) in [5.41, 5.74) is 2.85. The first-order chi connectivity index (χ1) is 17.7. The number of oxazole rings is 1. The van der Waals surface area contributed by atoms with E-state index in [0.717, 1.165) is 45.4 Å². The number of rotatable bonds is 6.